The molecule has 0 fully saturated rings. The maximum absolute atomic E-state index is 12.5. The van der Waals surface area contributed by atoms with Crippen LogP contribution in [0.15, 0.2) is 4.79 Å². The summed E-state index contributed by atoms with van der Waals surface area (Å²) >= 11 is 5.41. The van der Waals surface area contributed by atoms with E-state index >= 15 is 0 Å². The van der Waals surface area contributed by atoms with Gasteiger partial charge in [-0.2, -0.15) is 0 Å². The van der Waals surface area contributed by atoms with E-state index in [1.54, 1.807) is 0 Å². The first-order valence-corrected chi connectivity index (χ1v) is 15.1. The molecule has 1 rings (SSSR count). The van der Waals surface area contributed by atoms with Gasteiger partial charge in [-0.1, -0.05) is 111 Å². The summed E-state index contributed by atoms with van der Waals surface area (Å²) in [6, 6.07) is 0. The minimum atomic E-state index is 0.0241. The summed E-state index contributed by atoms with van der Waals surface area (Å²) in [6.45, 7) is 16.5. The van der Waals surface area contributed by atoms with Crippen molar-refractivity contribution in [3.05, 3.63) is 14.7 Å². The van der Waals surface area contributed by atoms with E-state index < -0.39 is 0 Å². The Hall–Kier alpha value is -0.940. The Morgan fingerprint density at radius 3 is 1.77 bits per heavy atom. The fourth-order valence-corrected chi connectivity index (χ4v) is 5.13. The van der Waals surface area contributed by atoms with Crippen LogP contribution < -0.4 is 15.6 Å². The second kappa shape index (κ2) is 18.3. The number of hydrogen-bond donors (Lipinski definition) is 1. The third kappa shape index (κ3) is 13.8. The van der Waals surface area contributed by atoms with Crippen molar-refractivity contribution in [1.29, 1.82) is 0 Å². The van der Waals surface area contributed by atoms with Crippen LogP contribution in [0.1, 0.15) is 125 Å². The van der Waals surface area contributed by atoms with Crippen LogP contribution >= 0.6 is 12.2 Å². The maximum atomic E-state index is 12.5. The SMILES string of the molecule is CCCCCCCCN(CCCCCCCC)CCNc1c(N(C)CCCC(C)(C)C)c(=S)c1=O. The van der Waals surface area contributed by atoms with Crippen LogP contribution in [0.5, 0.6) is 0 Å². The molecule has 0 heterocycles. The monoisotopic (exact) mass is 507 g/mol. The second-order valence-corrected chi connectivity index (χ2v) is 12.2. The Labute approximate surface area is 222 Å². The molecule has 0 saturated heterocycles. The summed E-state index contributed by atoms with van der Waals surface area (Å²) in [5.74, 6) is 0. The lowest BCUT2D eigenvalue weighted by Crippen LogP contribution is -2.34. The Bertz CT molecular complexity index is 717. The Kier molecular flexibility index (Phi) is 16.8. The molecule has 0 aliphatic rings. The quantitative estimate of drug-likeness (QED) is 0.126. The molecule has 0 aliphatic heterocycles. The van der Waals surface area contributed by atoms with Crippen molar-refractivity contribution >= 4 is 23.6 Å². The molecule has 0 bridgehead atoms. The number of nitrogens with zero attached hydrogens (tertiary/aromatic N) is 2. The summed E-state index contributed by atoms with van der Waals surface area (Å²) in [5, 5.41) is 3.46. The zero-order valence-corrected chi connectivity index (χ0v) is 25.0. The van der Waals surface area contributed by atoms with Gasteiger partial charge >= 0.3 is 0 Å². The van der Waals surface area contributed by atoms with Gasteiger partial charge in [0.2, 0.25) is 5.43 Å². The van der Waals surface area contributed by atoms with Crippen LogP contribution in [0, 0.1) is 9.93 Å². The summed E-state index contributed by atoms with van der Waals surface area (Å²) in [5.41, 5.74) is 2.06. The van der Waals surface area contributed by atoms with Crippen LogP contribution in [-0.4, -0.2) is 44.7 Å². The van der Waals surface area contributed by atoms with Crippen molar-refractivity contribution in [3.8, 4) is 0 Å². The standard InChI is InChI=1S/C30H57N3OS/c1-7-9-11-13-15-17-23-33(24-18-16-14-12-10-8-2)25-21-31-26-27(29(35)28(26)34)32(6)22-19-20-30(3,4)5/h31H,7-25H2,1-6H3. The molecule has 0 aromatic heterocycles. The highest BCUT2D eigenvalue weighted by Crippen LogP contribution is 2.28. The van der Waals surface area contributed by atoms with Crippen molar-refractivity contribution in [2.45, 2.75) is 125 Å². The molecule has 0 amide bonds. The zero-order chi connectivity index (χ0) is 26.1. The molecule has 1 aromatic rings. The smallest absolute Gasteiger partial charge is 0.223 e. The number of anilines is 2. The van der Waals surface area contributed by atoms with Gasteiger partial charge in [0.15, 0.2) is 0 Å². The topological polar surface area (TPSA) is 35.6 Å². The van der Waals surface area contributed by atoms with Gasteiger partial charge in [0.25, 0.3) is 0 Å². The predicted molar refractivity (Wildman–Crippen MR) is 160 cm³/mol. The molecule has 204 valence electrons. The van der Waals surface area contributed by atoms with E-state index in [0.29, 0.717) is 9.93 Å². The first kappa shape index (κ1) is 32.1. The number of rotatable bonds is 22. The highest BCUT2D eigenvalue weighted by Gasteiger charge is 2.21. The number of hydrogen-bond acceptors (Lipinski definition) is 5. The molecular formula is C30H57N3OS. The summed E-state index contributed by atoms with van der Waals surface area (Å²) in [4.78, 5) is 17.3. The summed E-state index contributed by atoms with van der Waals surface area (Å²) < 4.78 is 0.502. The average molecular weight is 508 g/mol. The summed E-state index contributed by atoms with van der Waals surface area (Å²) in [7, 11) is 2.07. The first-order valence-electron chi connectivity index (χ1n) is 14.7. The van der Waals surface area contributed by atoms with Crippen molar-refractivity contribution in [1.82, 2.24) is 4.90 Å². The van der Waals surface area contributed by atoms with Gasteiger partial charge < -0.3 is 15.1 Å². The van der Waals surface area contributed by atoms with Gasteiger partial charge in [0.1, 0.15) is 10.2 Å². The molecule has 0 saturated carbocycles. The van der Waals surface area contributed by atoms with Gasteiger partial charge in [-0.3, -0.25) is 4.79 Å². The Balaban J connectivity index is 2.52. The molecule has 0 aliphatic carbocycles. The van der Waals surface area contributed by atoms with Crippen molar-refractivity contribution in [2.24, 2.45) is 5.41 Å². The first-order chi connectivity index (χ1) is 16.7. The lowest BCUT2D eigenvalue weighted by atomic mass is 9.90. The minimum Gasteiger partial charge on any atom is -0.379 e. The van der Waals surface area contributed by atoms with Gasteiger partial charge in [-0.05, 0) is 44.2 Å². The molecule has 1 aromatic carbocycles. The normalized spacial score (nSPS) is 12.1. The molecule has 0 unspecified atom stereocenters. The molecule has 35 heavy (non-hydrogen) atoms. The second-order valence-electron chi connectivity index (χ2n) is 11.8. The third-order valence-corrected chi connectivity index (χ3v) is 7.45. The predicted octanol–water partition coefficient (Wildman–Crippen LogP) is 8.35. The lowest BCUT2D eigenvalue weighted by Gasteiger charge is -2.27. The van der Waals surface area contributed by atoms with E-state index in [9.17, 15) is 4.79 Å². The van der Waals surface area contributed by atoms with Crippen LogP contribution in [0.3, 0.4) is 0 Å². The largest absolute Gasteiger partial charge is 0.379 e. The van der Waals surface area contributed by atoms with Crippen molar-refractivity contribution in [2.75, 3.05) is 50.0 Å². The zero-order valence-electron chi connectivity index (χ0n) is 24.1. The average Bonchev–Trinajstić information content (AvgIpc) is 2.80. The van der Waals surface area contributed by atoms with E-state index in [1.807, 2.05) is 0 Å². The molecule has 5 heteroatoms. The molecule has 1 N–H and O–H groups in total. The molecular weight excluding hydrogens is 450 g/mol. The highest BCUT2D eigenvalue weighted by molar-refractivity contribution is 7.71. The van der Waals surface area contributed by atoms with E-state index in [2.05, 4.69) is 56.8 Å². The fourth-order valence-electron chi connectivity index (χ4n) is 4.77. The van der Waals surface area contributed by atoms with Gasteiger partial charge in [-0.25, -0.2) is 0 Å². The Morgan fingerprint density at radius 1 is 0.743 bits per heavy atom. The fraction of sp³-hybridized carbons (Fsp3) is 0.867. The lowest BCUT2D eigenvalue weighted by molar-refractivity contribution is 0.269. The third-order valence-electron chi connectivity index (χ3n) is 7.07. The van der Waals surface area contributed by atoms with Gasteiger partial charge in [0.05, 0.1) is 5.69 Å². The number of nitrogens with one attached hydrogen (secondary N) is 1. The van der Waals surface area contributed by atoms with Crippen molar-refractivity contribution < 1.29 is 0 Å². The van der Waals surface area contributed by atoms with Crippen LogP contribution in [0.4, 0.5) is 11.4 Å². The molecule has 0 radical (unpaired) electrons. The van der Waals surface area contributed by atoms with Gasteiger partial charge in [0, 0.05) is 26.7 Å². The van der Waals surface area contributed by atoms with E-state index in [4.69, 9.17) is 12.2 Å². The highest BCUT2D eigenvalue weighted by atomic mass is 32.1. The van der Waals surface area contributed by atoms with Crippen LogP contribution in [0.25, 0.3) is 0 Å². The molecule has 0 atom stereocenters. The molecule has 4 nitrogen and oxygen atoms in total. The van der Waals surface area contributed by atoms with Crippen molar-refractivity contribution in [3.63, 3.8) is 0 Å². The van der Waals surface area contributed by atoms with E-state index in [-0.39, 0.29) is 5.43 Å². The van der Waals surface area contributed by atoms with E-state index in [0.717, 1.165) is 37.4 Å². The van der Waals surface area contributed by atoms with Gasteiger partial charge in [-0.15, -0.1) is 0 Å². The van der Waals surface area contributed by atoms with Crippen LogP contribution in [-0.2, 0) is 0 Å². The summed E-state index contributed by atoms with van der Waals surface area (Å²) in [6.07, 6.45) is 18.3. The van der Waals surface area contributed by atoms with Crippen LogP contribution in [0.2, 0.25) is 0 Å². The Morgan fingerprint density at radius 2 is 1.26 bits per heavy atom. The van der Waals surface area contributed by atoms with E-state index in [1.165, 1.54) is 96.6 Å². The maximum Gasteiger partial charge on any atom is 0.223 e. The molecule has 0 spiro atoms. The minimum absolute atomic E-state index is 0.0241. The number of unbranched alkanes of at least 4 members (excludes halogenated alkanes) is 10.